The lowest BCUT2D eigenvalue weighted by Gasteiger charge is -2.30. The first-order valence-corrected chi connectivity index (χ1v) is 12.2. The Morgan fingerprint density at radius 3 is 2.57 bits per heavy atom. The lowest BCUT2D eigenvalue weighted by Crippen LogP contribution is -2.34. The summed E-state index contributed by atoms with van der Waals surface area (Å²) in [6.45, 7) is 3.21. The lowest BCUT2D eigenvalue weighted by molar-refractivity contribution is -0.119. The van der Waals surface area contributed by atoms with Crippen LogP contribution in [-0.4, -0.2) is 55.3 Å². The third-order valence-electron chi connectivity index (χ3n) is 6.72. The van der Waals surface area contributed by atoms with Crippen LogP contribution in [0.15, 0.2) is 42.6 Å². The molecule has 8 nitrogen and oxygen atoms in total. The average Bonchev–Trinajstić information content (AvgIpc) is 2.88. The smallest absolute Gasteiger partial charge is 0.227 e. The molecule has 1 saturated heterocycles. The van der Waals surface area contributed by atoms with E-state index in [1.54, 1.807) is 0 Å². The molecule has 0 atom stereocenters. The number of Topliss-reactive ketones (excluding diaryl/α,β-unsaturated/α-hetero) is 1. The number of nitrogens with one attached hydrogen (secondary N) is 1. The SMILES string of the molecule is O=C1CCN(c2ccc3cc2OCCOCCOc2ccc4c(c2)-c2nc(ncc2CC4)N3)CC1. The molecular weight excluding hydrogens is 444 g/mol. The molecule has 0 saturated carbocycles. The number of carbonyl (C=O) groups is 1. The zero-order valence-corrected chi connectivity index (χ0v) is 19.6. The number of anilines is 3. The van der Waals surface area contributed by atoms with Gasteiger partial charge in [-0.2, -0.15) is 0 Å². The van der Waals surface area contributed by atoms with Gasteiger partial charge in [-0.1, -0.05) is 6.07 Å². The van der Waals surface area contributed by atoms with Gasteiger partial charge in [0.15, 0.2) is 0 Å². The Bertz CT molecular complexity index is 1250. The van der Waals surface area contributed by atoms with Crippen LogP contribution in [0.2, 0.25) is 0 Å². The zero-order valence-electron chi connectivity index (χ0n) is 19.6. The number of ether oxygens (including phenoxy) is 3. The molecule has 1 aliphatic carbocycles. The van der Waals surface area contributed by atoms with E-state index in [1.165, 1.54) is 5.56 Å². The number of benzene rings is 2. The minimum atomic E-state index is 0.313. The molecule has 2 aromatic carbocycles. The number of hydrogen-bond acceptors (Lipinski definition) is 8. The van der Waals surface area contributed by atoms with Crippen molar-refractivity contribution in [2.75, 3.05) is 49.7 Å². The van der Waals surface area contributed by atoms with Crippen molar-refractivity contribution in [3.63, 3.8) is 0 Å². The molecule has 0 amide bonds. The van der Waals surface area contributed by atoms with Crippen molar-refractivity contribution in [2.24, 2.45) is 0 Å². The van der Waals surface area contributed by atoms with E-state index in [4.69, 9.17) is 19.2 Å². The molecule has 6 rings (SSSR count). The highest BCUT2D eigenvalue weighted by atomic mass is 16.5. The molecule has 3 aromatic rings. The number of piperidine rings is 1. The van der Waals surface area contributed by atoms with Crippen molar-refractivity contribution in [1.82, 2.24) is 9.97 Å². The highest BCUT2D eigenvalue weighted by molar-refractivity contribution is 5.81. The van der Waals surface area contributed by atoms with Gasteiger partial charge in [-0.25, -0.2) is 9.97 Å². The van der Waals surface area contributed by atoms with Crippen LogP contribution in [0, 0.1) is 0 Å². The van der Waals surface area contributed by atoms with E-state index in [0.717, 1.165) is 52.5 Å². The Balaban J connectivity index is 1.35. The highest BCUT2D eigenvalue weighted by Gasteiger charge is 2.22. The van der Waals surface area contributed by atoms with Crippen molar-refractivity contribution in [1.29, 1.82) is 0 Å². The molecule has 0 unspecified atom stereocenters. The molecule has 2 aliphatic heterocycles. The molecular formula is C27H28N4O4. The summed E-state index contributed by atoms with van der Waals surface area (Å²) < 4.78 is 17.8. The number of hydrogen-bond donors (Lipinski definition) is 1. The van der Waals surface area contributed by atoms with Gasteiger partial charge in [0.2, 0.25) is 5.95 Å². The number of nitrogens with zero attached hydrogens (tertiary/aromatic N) is 3. The summed E-state index contributed by atoms with van der Waals surface area (Å²) in [7, 11) is 0. The van der Waals surface area contributed by atoms with Crippen molar-refractivity contribution in [3.8, 4) is 22.8 Å². The van der Waals surface area contributed by atoms with Gasteiger partial charge in [-0.15, -0.1) is 0 Å². The predicted octanol–water partition coefficient (Wildman–Crippen LogP) is 3.94. The van der Waals surface area contributed by atoms with Crippen LogP contribution < -0.4 is 19.7 Å². The number of aromatic nitrogens is 2. The van der Waals surface area contributed by atoms with Crippen molar-refractivity contribution in [2.45, 2.75) is 25.7 Å². The monoisotopic (exact) mass is 472 g/mol. The fraction of sp³-hybridized carbons (Fsp3) is 0.370. The quantitative estimate of drug-likeness (QED) is 0.570. The first-order valence-electron chi connectivity index (χ1n) is 12.2. The van der Waals surface area contributed by atoms with E-state index < -0.39 is 0 Å². The standard InChI is InChI=1S/C27H28N4O4/c32-21-7-9-31(10-8-21)24-6-4-20-15-25(24)35-14-12-33-11-13-34-22-5-3-18-1-2-19-17-28-27(29-20)30-26(19)23(18)16-22/h3-6,15-17H,1-2,7-14H2,(H,28,29,30). The van der Waals surface area contributed by atoms with Crippen LogP contribution in [0.3, 0.4) is 0 Å². The van der Waals surface area contributed by atoms with Gasteiger partial charge in [0, 0.05) is 49.4 Å². The van der Waals surface area contributed by atoms with E-state index in [9.17, 15) is 4.79 Å². The van der Waals surface area contributed by atoms with E-state index in [-0.39, 0.29) is 0 Å². The average molecular weight is 473 g/mol. The van der Waals surface area contributed by atoms with Crippen LogP contribution in [0.1, 0.15) is 24.0 Å². The number of ketones is 1. The maximum Gasteiger partial charge on any atom is 0.227 e. The summed E-state index contributed by atoms with van der Waals surface area (Å²) in [6, 6.07) is 12.2. The van der Waals surface area contributed by atoms with E-state index in [2.05, 4.69) is 27.3 Å². The van der Waals surface area contributed by atoms with E-state index >= 15 is 0 Å². The normalized spacial score (nSPS) is 17.7. The molecule has 0 radical (unpaired) electrons. The van der Waals surface area contributed by atoms with Gasteiger partial charge < -0.3 is 24.4 Å². The molecule has 35 heavy (non-hydrogen) atoms. The largest absolute Gasteiger partial charge is 0.491 e. The summed E-state index contributed by atoms with van der Waals surface area (Å²) in [5, 5.41) is 3.36. The van der Waals surface area contributed by atoms with Crippen LogP contribution in [-0.2, 0) is 22.4 Å². The molecule has 1 N–H and O–H groups in total. The van der Waals surface area contributed by atoms with E-state index in [1.807, 2.05) is 30.5 Å². The second-order valence-corrected chi connectivity index (χ2v) is 9.03. The summed E-state index contributed by atoms with van der Waals surface area (Å²) >= 11 is 0. The number of carbonyl (C=O) groups excluding carboxylic acids is 1. The number of aryl methyl sites for hydroxylation is 2. The minimum Gasteiger partial charge on any atom is -0.491 e. The molecule has 0 spiro atoms. The maximum atomic E-state index is 11.7. The van der Waals surface area contributed by atoms with Crippen molar-refractivity contribution < 1.29 is 19.0 Å². The first kappa shape index (κ1) is 21.9. The Labute approximate surface area is 204 Å². The molecule has 180 valence electrons. The van der Waals surface area contributed by atoms with Gasteiger partial charge in [0.05, 0.1) is 24.6 Å². The van der Waals surface area contributed by atoms with Crippen molar-refractivity contribution in [3.05, 3.63) is 53.7 Å². The van der Waals surface area contributed by atoms with E-state index in [0.29, 0.717) is 64.1 Å². The van der Waals surface area contributed by atoms with Crippen molar-refractivity contribution >= 4 is 23.1 Å². The fourth-order valence-corrected chi connectivity index (χ4v) is 4.86. The summed E-state index contributed by atoms with van der Waals surface area (Å²) in [4.78, 5) is 23.4. The molecule has 3 heterocycles. The van der Waals surface area contributed by atoms with Crippen LogP contribution in [0.5, 0.6) is 11.5 Å². The second kappa shape index (κ2) is 9.54. The van der Waals surface area contributed by atoms with Gasteiger partial charge in [-0.05, 0) is 48.2 Å². The van der Waals surface area contributed by atoms with Crippen LogP contribution in [0.25, 0.3) is 11.3 Å². The maximum absolute atomic E-state index is 11.7. The predicted molar refractivity (Wildman–Crippen MR) is 133 cm³/mol. The highest BCUT2D eigenvalue weighted by Crippen LogP contribution is 2.36. The Kier molecular flexibility index (Phi) is 5.96. The lowest BCUT2D eigenvalue weighted by atomic mass is 9.90. The minimum absolute atomic E-state index is 0.313. The molecule has 8 heteroatoms. The molecule has 6 bridgehead atoms. The van der Waals surface area contributed by atoms with Crippen LogP contribution in [0.4, 0.5) is 17.3 Å². The Morgan fingerprint density at radius 1 is 0.857 bits per heavy atom. The topological polar surface area (TPSA) is 85.8 Å². The summed E-state index contributed by atoms with van der Waals surface area (Å²) in [5.41, 5.74) is 6.27. The second-order valence-electron chi connectivity index (χ2n) is 9.03. The number of fused-ring (bicyclic) bond motifs is 4. The summed E-state index contributed by atoms with van der Waals surface area (Å²) in [5.74, 6) is 2.41. The Hall–Kier alpha value is -3.65. The van der Waals surface area contributed by atoms with Gasteiger partial charge >= 0.3 is 0 Å². The summed E-state index contributed by atoms with van der Waals surface area (Å²) in [6.07, 6.45) is 4.93. The number of rotatable bonds is 1. The fourth-order valence-electron chi connectivity index (χ4n) is 4.86. The third kappa shape index (κ3) is 4.66. The molecule has 3 aliphatic rings. The zero-order chi connectivity index (χ0) is 23.6. The van der Waals surface area contributed by atoms with Gasteiger partial charge in [0.25, 0.3) is 0 Å². The van der Waals surface area contributed by atoms with Gasteiger partial charge in [-0.3, -0.25) is 4.79 Å². The Morgan fingerprint density at radius 2 is 1.69 bits per heavy atom. The molecule has 1 aromatic heterocycles. The first-order chi connectivity index (χ1) is 17.2. The molecule has 1 fully saturated rings. The van der Waals surface area contributed by atoms with Crippen LogP contribution >= 0.6 is 0 Å². The van der Waals surface area contributed by atoms with Gasteiger partial charge in [0.1, 0.15) is 30.5 Å². The third-order valence-corrected chi connectivity index (χ3v) is 6.72.